The lowest BCUT2D eigenvalue weighted by Crippen LogP contribution is -2.41. The molecule has 10 nitrogen and oxygen atoms in total. The van der Waals surface area contributed by atoms with E-state index in [0.29, 0.717) is 47.3 Å². The highest BCUT2D eigenvalue weighted by Gasteiger charge is 2.41. The van der Waals surface area contributed by atoms with E-state index in [9.17, 15) is 23.1 Å². The quantitative estimate of drug-likeness (QED) is 0.140. The minimum Gasteiger partial charge on any atom is -0.464 e. The molecule has 0 bridgehead atoms. The number of hydrogen-bond donors (Lipinski definition) is 3. The molecular formula is C34H46N4O6S2. The molecule has 1 aromatic heterocycles. The molecule has 3 N–H and O–H groups in total. The number of amides is 2. The van der Waals surface area contributed by atoms with Crippen molar-refractivity contribution in [3.05, 3.63) is 65.6 Å². The average molecular weight is 671 g/mol. The Morgan fingerprint density at radius 3 is 2.43 bits per heavy atom. The van der Waals surface area contributed by atoms with Gasteiger partial charge in [-0.2, -0.15) is 0 Å². The number of hydrogen-bond acceptors (Lipinski definition) is 8. The summed E-state index contributed by atoms with van der Waals surface area (Å²) in [7, 11) is -4.15. The van der Waals surface area contributed by atoms with Crippen LogP contribution >= 0.6 is 11.8 Å². The SMILES string of the molecule is CCCCc1nc(SC)c(C(C)(O)C(=O)OCC)n1Cc1ccc(-c2ccccc2S(=O)(=O)NC(=O)NCC2CCCCC2)cc1. The van der Waals surface area contributed by atoms with Gasteiger partial charge in [-0.25, -0.2) is 27.7 Å². The van der Waals surface area contributed by atoms with E-state index in [1.165, 1.54) is 31.2 Å². The number of rotatable bonds is 14. The molecule has 1 heterocycles. The number of ether oxygens (including phenoxy) is 1. The Bertz CT molecular complexity index is 1600. The number of aliphatic hydroxyl groups is 1. The first-order valence-electron chi connectivity index (χ1n) is 16.0. The van der Waals surface area contributed by atoms with Crippen LogP contribution in [0.3, 0.4) is 0 Å². The van der Waals surface area contributed by atoms with Gasteiger partial charge in [-0.05, 0) is 62.5 Å². The number of sulfonamides is 1. The highest BCUT2D eigenvalue weighted by molar-refractivity contribution is 7.98. The molecule has 2 amide bonds. The van der Waals surface area contributed by atoms with E-state index in [1.54, 1.807) is 25.1 Å². The fourth-order valence-corrected chi connectivity index (χ4v) is 7.76. The number of carbonyl (C=O) groups is 2. The Morgan fingerprint density at radius 2 is 1.78 bits per heavy atom. The first-order valence-corrected chi connectivity index (χ1v) is 18.7. The van der Waals surface area contributed by atoms with Crippen LogP contribution in [-0.2, 0) is 38.1 Å². The number of aryl methyl sites for hydroxylation is 1. The fraction of sp³-hybridized carbons (Fsp3) is 0.500. The normalized spacial score (nSPS) is 15.2. The monoisotopic (exact) mass is 670 g/mol. The van der Waals surface area contributed by atoms with Crippen molar-refractivity contribution in [2.24, 2.45) is 5.92 Å². The Labute approximate surface area is 276 Å². The maximum absolute atomic E-state index is 13.3. The molecule has 12 heteroatoms. The zero-order valence-corrected chi connectivity index (χ0v) is 28.8. The standard InChI is InChI=1S/C34H46N4O6S2/c1-5-7-17-29-36-31(45-4)30(34(3,41)32(39)44-6-2)38(29)23-25-18-20-26(21-19-25)27-15-11-12-16-28(27)46(42,43)37-33(40)35-22-24-13-9-8-10-14-24/h11-12,15-16,18-21,24,41H,5-10,13-14,17,22-23H2,1-4H3,(H2,35,37,40). The van der Waals surface area contributed by atoms with E-state index in [-0.39, 0.29) is 11.5 Å². The molecule has 1 aliphatic rings. The van der Waals surface area contributed by atoms with Gasteiger partial charge in [0.15, 0.2) is 0 Å². The number of nitrogens with zero attached hydrogens (tertiary/aromatic N) is 2. The van der Waals surface area contributed by atoms with Crippen molar-refractivity contribution in [2.45, 2.75) is 94.2 Å². The molecule has 0 saturated heterocycles. The summed E-state index contributed by atoms with van der Waals surface area (Å²) in [6.07, 6.45) is 9.93. The zero-order chi connectivity index (χ0) is 33.3. The molecule has 4 rings (SSSR count). The maximum Gasteiger partial charge on any atom is 0.344 e. The van der Waals surface area contributed by atoms with Crippen molar-refractivity contribution >= 4 is 33.8 Å². The van der Waals surface area contributed by atoms with Crippen LogP contribution in [0, 0.1) is 5.92 Å². The van der Waals surface area contributed by atoms with E-state index in [2.05, 4.69) is 17.0 Å². The average Bonchev–Trinajstić information content (AvgIpc) is 3.41. The second kappa shape index (κ2) is 16.0. The van der Waals surface area contributed by atoms with Crippen molar-refractivity contribution in [3.63, 3.8) is 0 Å². The van der Waals surface area contributed by atoms with Crippen LogP contribution in [0.15, 0.2) is 58.5 Å². The van der Waals surface area contributed by atoms with Gasteiger partial charge in [-0.1, -0.05) is 75.1 Å². The third kappa shape index (κ3) is 8.51. The topological polar surface area (TPSA) is 140 Å². The van der Waals surface area contributed by atoms with Gasteiger partial charge in [0.25, 0.3) is 10.0 Å². The third-order valence-corrected chi connectivity index (χ3v) is 10.4. The van der Waals surface area contributed by atoms with Crippen LogP contribution in [0.4, 0.5) is 4.79 Å². The third-order valence-electron chi connectivity index (χ3n) is 8.38. The number of imidazole rings is 1. The molecule has 0 spiro atoms. The Morgan fingerprint density at radius 1 is 1.09 bits per heavy atom. The second-order valence-electron chi connectivity index (χ2n) is 11.9. The van der Waals surface area contributed by atoms with E-state index < -0.39 is 27.6 Å². The predicted molar refractivity (Wildman–Crippen MR) is 180 cm³/mol. The number of thioether (sulfide) groups is 1. The van der Waals surface area contributed by atoms with Crippen LogP contribution in [0.25, 0.3) is 11.1 Å². The van der Waals surface area contributed by atoms with E-state index in [0.717, 1.165) is 49.9 Å². The highest BCUT2D eigenvalue weighted by Crippen LogP contribution is 2.34. The second-order valence-corrected chi connectivity index (χ2v) is 14.3. The lowest BCUT2D eigenvalue weighted by Gasteiger charge is -2.24. The largest absolute Gasteiger partial charge is 0.464 e. The minimum absolute atomic E-state index is 0.00408. The maximum atomic E-state index is 13.3. The van der Waals surface area contributed by atoms with Crippen molar-refractivity contribution < 1.29 is 27.9 Å². The van der Waals surface area contributed by atoms with Gasteiger partial charge < -0.3 is 19.7 Å². The Kier molecular flexibility index (Phi) is 12.3. The summed E-state index contributed by atoms with van der Waals surface area (Å²) in [6.45, 7) is 6.15. The van der Waals surface area contributed by atoms with Crippen LogP contribution in [-0.4, -0.2) is 54.5 Å². The molecule has 1 aliphatic carbocycles. The molecule has 2 aromatic carbocycles. The first kappa shape index (κ1) is 35.5. The molecule has 46 heavy (non-hydrogen) atoms. The van der Waals surface area contributed by atoms with Crippen LogP contribution < -0.4 is 10.0 Å². The van der Waals surface area contributed by atoms with Crippen molar-refractivity contribution in [1.82, 2.24) is 19.6 Å². The number of benzene rings is 2. The summed E-state index contributed by atoms with van der Waals surface area (Å²) in [6, 6.07) is 13.3. The van der Waals surface area contributed by atoms with Gasteiger partial charge in [0.05, 0.1) is 17.2 Å². The van der Waals surface area contributed by atoms with E-state index >= 15 is 0 Å². The molecule has 3 aromatic rings. The van der Waals surface area contributed by atoms with Crippen LogP contribution in [0.2, 0.25) is 0 Å². The van der Waals surface area contributed by atoms with E-state index in [1.807, 2.05) is 35.1 Å². The molecule has 1 unspecified atom stereocenters. The van der Waals surface area contributed by atoms with Crippen molar-refractivity contribution in [1.29, 1.82) is 0 Å². The Balaban J connectivity index is 1.59. The molecule has 250 valence electrons. The van der Waals surface area contributed by atoms with Gasteiger partial charge in [0.2, 0.25) is 5.60 Å². The first-order chi connectivity index (χ1) is 22.0. The van der Waals surface area contributed by atoms with Crippen molar-refractivity contribution in [2.75, 3.05) is 19.4 Å². The zero-order valence-electron chi connectivity index (χ0n) is 27.2. The summed E-state index contributed by atoms with van der Waals surface area (Å²) < 4.78 is 36.0. The smallest absolute Gasteiger partial charge is 0.344 e. The van der Waals surface area contributed by atoms with Gasteiger partial charge in [0, 0.05) is 25.1 Å². The number of esters is 1. The number of nitrogens with one attached hydrogen (secondary N) is 2. The lowest BCUT2D eigenvalue weighted by atomic mass is 9.89. The number of aromatic nitrogens is 2. The Hall–Kier alpha value is -3.35. The summed E-state index contributed by atoms with van der Waals surface area (Å²) in [4.78, 5) is 30.2. The number of carbonyl (C=O) groups excluding carboxylic acids is 2. The summed E-state index contributed by atoms with van der Waals surface area (Å²) in [5.41, 5.74) is 0.469. The predicted octanol–water partition coefficient (Wildman–Crippen LogP) is 6.00. The fourth-order valence-electron chi connectivity index (χ4n) is 5.91. The summed E-state index contributed by atoms with van der Waals surface area (Å²) in [5.74, 6) is 0.398. The molecule has 0 radical (unpaired) electrons. The number of urea groups is 1. The van der Waals surface area contributed by atoms with Crippen LogP contribution in [0.5, 0.6) is 0 Å². The molecule has 1 fully saturated rings. The molecule has 0 aliphatic heterocycles. The molecular weight excluding hydrogens is 625 g/mol. The minimum atomic E-state index is -4.15. The number of unbranched alkanes of at least 4 members (excludes halogenated alkanes) is 1. The van der Waals surface area contributed by atoms with Crippen LogP contribution in [0.1, 0.15) is 82.8 Å². The van der Waals surface area contributed by atoms with Crippen molar-refractivity contribution in [3.8, 4) is 11.1 Å². The van der Waals surface area contributed by atoms with Gasteiger partial charge >= 0.3 is 12.0 Å². The highest BCUT2D eigenvalue weighted by atomic mass is 32.2. The van der Waals surface area contributed by atoms with E-state index in [4.69, 9.17) is 9.72 Å². The summed E-state index contributed by atoms with van der Waals surface area (Å²) in [5, 5.41) is 14.7. The van der Waals surface area contributed by atoms with Gasteiger partial charge in [-0.3, -0.25) is 0 Å². The van der Waals surface area contributed by atoms with Gasteiger partial charge in [0.1, 0.15) is 10.9 Å². The lowest BCUT2D eigenvalue weighted by molar-refractivity contribution is -0.165. The molecule has 1 saturated carbocycles. The summed E-state index contributed by atoms with van der Waals surface area (Å²) >= 11 is 1.36. The van der Waals surface area contributed by atoms with Gasteiger partial charge in [-0.15, -0.1) is 11.8 Å². The molecule has 1 atom stereocenters.